The number of halogens is 4. The Hall–Kier alpha value is -2.01. The molecule has 40 heavy (non-hydrogen) atoms. The van der Waals surface area contributed by atoms with Crippen molar-refractivity contribution < 1.29 is 14.0 Å². The van der Waals surface area contributed by atoms with Gasteiger partial charge in [-0.05, 0) is 86.6 Å². The van der Waals surface area contributed by atoms with Crippen molar-refractivity contribution in [2.24, 2.45) is 7.05 Å². The van der Waals surface area contributed by atoms with Gasteiger partial charge in [0, 0.05) is 28.8 Å². The van der Waals surface area contributed by atoms with Crippen molar-refractivity contribution in [3.8, 4) is 45.4 Å². The third-order valence-electron chi connectivity index (χ3n) is 6.28. The second-order valence-electron chi connectivity index (χ2n) is 10.2. The molecule has 0 aliphatic rings. The van der Waals surface area contributed by atoms with Crippen molar-refractivity contribution in [3.05, 3.63) is 73.1 Å². The number of nitrogens with one attached hydrogen (secondary N) is 1. The summed E-state index contributed by atoms with van der Waals surface area (Å²) in [5, 5.41) is 0. The second kappa shape index (κ2) is 13.8. The number of ether oxygens (including phenoxy) is 2. The van der Waals surface area contributed by atoms with Gasteiger partial charge in [-0.15, -0.1) is 44.3 Å². The molecule has 0 radical (unpaired) electrons. The first-order valence-corrected chi connectivity index (χ1v) is 22.7. The van der Waals surface area contributed by atoms with Crippen molar-refractivity contribution in [2.75, 3.05) is 13.2 Å². The lowest BCUT2D eigenvalue weighted by Gasteiger charge is -2.11. The number of rotatable bonds is 13. The quantitative estimate of drug-likeness (QED) is 0.0679. The van der Waals surface area contributed by atoms with Crippen LogP contribution in [0.4, 0.5) is 0 Å². The van der Waals surface area contributed by atoms with Gasteiger partial charge in [0.1, 0.15) is 24.4 Å². The predicted molar refractivity (Wildman–Crippen MR) is 173 cm³/mol. The molecule has 0 saturated carbocycles. The van der Waals surface area contributed by atoms with Gasteiger partial charge < -0.3 is 14.5 Å². The zero-order valence-corrected chi connectivity index (χ0v) is 27.9. The predicted octanol–water partition coefficient (Wildman–Crippen LogP) is 8.87. The van der Waals surface area contributed by atoms with E-state index in [4.69, 9.17) is 58.8 Å². The summed E-state index contributed by atoms with van der Waals surface area (Å²) in [7, 11) is 1.99. The topological polar surface area (TPSA) is 51.0 Å². The Labute approximate surface area is 257 Å². The maximum atomic E-state index is 6.20. The molecule has 0 amide bonds. The van der Waals surface area contributed by atoms with Crippen LogP contribution in [0.15, 0.2) is 73.1 Å². The largest absolute Gasteiger partial charge is 0.494 e. The molecule has 4 aromatic rings. The standard InChI is InChI=1S/C29H33Cl4N3O2Si2/c1-36-16-14-24(15-17-36)29-34-27(22-6-10-25(11-7-22)37-18-4-20-39(2,30)31)28(35-29)23-8-12-26(13-9-23)38-19-5-21-40(3,32)33/h6-17H,4-5,18-21H2,1-3H3/p+1. The van der Waals surface area contributed by atoms with Gasteiger partial charge in [0.25, 0.3) is 0 Å². The van der Waals surface area contributed by atoms with Crippen molar-refractivity contribution in [1.82, 2.24) is 9.97 Å². The first kappa shape index (κ1) is 30.9. The highest BCUT2D eigenvalue weighted by Crippen LogP contribution is 2.34. The zero-order chi connectivity index (χ0) is 28.8. The molecule has 5 nitrogen and oxygen atoms in total. The van der Waals surface area contributed by atoms with Crippen LogP contribution in [0.2, 0.25) is 25.2 Å². The molecule has 0 atom stereocenters. The van der Waals surface area contributed by atoms with Gasteiger partial charge in [-0.2, -0.15) is 0 Å². The number of aromatic amines is 1. The third kappa shape index (κ3) is 9.53. The first-order chi connectivity index (χ1) is 19.0. The van der Waals surface area contributed by atoms with E-state index < -0.39 is 13.4 Å². The lowest BCUT2D eigenvalue weighted by Crippen LogP contribution is -2.25. The lowest BCUT2D eigenvalue weighted by molar-refractivity contribution is -0.671. The van der Waals surface area contributed by atoms with Crippen molar-refractivity contribution >= 4 is 57.7 Å². The Balaban J connectivity index is 1.54. The molecular formula is C29H34Cl4N3O2Si2+. The fourth-order valence-corrected chi connectivity index (χ4v) is 7.29. The Morgan fingerprint density at radius 2 is 1.18 bits per heavy atom. The van der Waals surface area contributed by atoms with E-state index in [9.17, 15) is 0 Å². The maximum Gasteiger partial charge on any atom is 0.248 e. The van der Waals surface area contributed by atoms with Crippen LogP contribution in [-0.2, 0) is 7.05 Å². The molecule has 11 heteroatoms. The normalized spacial score (nSPS) is 12.0. The fourth-order valence-electron chi connectivity index (χ4n) is 4.16. The minimum absolute atomic E-state index is 0.581. The molecule has 2 aromatic heterocycles. The minimum atomic E-state index is -2.10. The molecule has 4 rings (SSSR count). The molecule has 0 aliphatic heterocycles. The average Bonchev–Trinajstić information content (AvgIpc) is 3.35. The lowest BCUT2D eigenvalue weighted by atomic mass is 10.0. The van der Waals surface area contributed by atoms with E-state index in [1.54, 1.807) is 0 Å². The highest BCUT2D eigenvalue weighted by molar-refractivity contribution is 7.45. The Morgan fingerprint density at radius 3 is 1.65 bits per heavy atom. The maximum absolute atomic E-state index is 6.20. The zero-order valence-electron chi connectivity index (χ0n) is 22.9. The fraction of sp³-hybridized carbons (Fsp3) is 0.310. The molecule has 0 unspecified atom stereocenters. The summed E-state index contributed by atoms with van der Waals surface area (Å²) in [6.07, 6.45) is 5.68. The van der Waals surface area contributed by atoms with Crippen LogP contribution >= 0.6 is 44.3 Å². The third-order valence-corrected chi connectivity index (χ3v) is 11.0. The summed E-state index contributed by atoms with van der Waals surface area (Å²) >= 11 is 24.8. The van der Waals surface area contributed by atoms with Crippen LogP contribution in [0, 0.1) is 0 Å². The van der Waals surface area contributed by atoms with E-state index >= 15 is 0 Å². The van der Waals surface area contributed by atoms with Crippen LogP contribution in [0.5, 0.6) is 11.5 Å². The molecule has 1 N–H and O–H groups in total. The van der Waals surface area contributed by atoms with Crippen molar-refractivity contribution in [1.29, 1.82) is 0 Å². The van der Waals surface area contributed by atoms with Crippen molar-refractivity contribution in [2.45, 2.75) is 38.0 Å². The highest BCUT2D eigenvalue weighted by atomic mass is 35.7. The van der Waals surface area contributed by atoms with Crippen molar-refractivity contribution in [3.63, 3.8) is 0 Å². The number of aromatic nitrogens is 3. The number of imidazole rings is 1. The monoisotopic (exact) mass is 652 g/mol. The number of aryl methyl sites for hydroxylation is 1. The summed E-state index contributed by atoms with van der Waals surface area (Å²) < 4.78 is 13.8. The molecule has 212 valence electrons. The summed E-state index contributed by atoms with van der Waals surface area (Å²) in [4.78, 5) is 8.57. The highest BCUT2D eigenvalue weighted by Gasteiger charge is 2.21. The van der Waals surface area contributed by atoms with Gasteiger partial charge in [0.05, 0.1) is 24.6 Å². The summed E-state index contributed by atoms with van der Waals surface area (Å²) in [5.41, 5.74) is 4.81. The van der Waals surface area contributed by atoms with Gasteiger partial charge in [-0.1, -0.05) is 0 Å². The second-order valence-corrected chi connectivity index (χ2v) is 26.6. The SMILES string of the molecule is C[n+]1ccc(-c2nc(-c3ccc(OCCC[Si](C)(Cl)Cl)cc3)c(-c3ccc(OCCC[Si](C)(Cl)Cl)cc3)[nH]2)cc1. The van der Waals surface area contributed by atoms with Gasteiger partial charge >= 0.3 is 0 Å². The molecule has 0 aliphatic carbocycles. The van der Waals surface area contributed by atoms with Gasteiger partial charge in [-0.3, -0.25) is 0 Å². The number of benzene rings is 2. The van der Waals surface area contributed by atoms with E-state index in [-0.39, 0.29) is 0 Å². The molecule has 2 aromatic carbocycles. The summed E-state index contributed by atoms with van der Waals surface area (Å²) in [6.45, 7) is 0.821. The van der Waals surface area contributed by atoms with E-state index in [1.807, 2.05) is 97.8 Å². The van der Waals surface area contributed by atoms with Gasteiger partial charge in [0.2, 0.25) is 13.4 Å². The van der Waals surface area contributed by atoms with E-state index in [0.717, 1.165) is 70.3 Å². The number of hydrogen-bond donors (Lipinski definition) is 1. The van der Waals surface area contributed by atoms with Crippen LogP contribution in [0.1, 0.15) is 12.8 Å². The minimum Gasteiger partial charge on any atom is -0.494 e. The average molecular weight is 655 g/mol. The summed E-state index contributed by atoms with van der Waals surface area (Å²) in [5.74, 6) is 2.41. The molecule has 0 spiro atoms. The smallest absolute Gasteiger partial charge is 0.248 e. The molecule has 0 saturated heterocycles. The number of pyridine rings is 1. The Bertz CT molecular complexity index is 1290. The van der Waals surface area contributed by atoms with Crippen LogP contribution in [0.3, 0.4) is 0 Å². The number of hydrogen-bond acceptors (Lipinski definition) is 3. The first-order valence-electron chi connectivity index (χ1n) is 13.2. The van der Waals surface area contributed by atoms with E-state index in [1.165, 1.54) is 0 Å². The Morgan fingerprint density at radius 1 is 0.700 bits per heavy atom. The van der Waals surface area contributed by atoms with E-state index in [2.05, 4.69) is 4.98 Å². The number of nitrogens with zero attached hydrogens (tertiary/aromatic N) is 2. The van der Waals surface area contributed by atoms with Crippen LogP contribution in [-0.4, -0.2) is 36.6 Å². The van der Waals surface area contributed by atoms with Gasteiger partial charge in [-0.25, -0.2) is 9.55 Å². The molecule has 0 bridgehead atoms. The number of H-pyrrole nitrogens is 1. The molecule has 0 fully saturated rings. The van der Waals surface area contributed by atoms with Gasteiger partial charge in [0.15, 0.2) is 12.4 Å². The Kier molecular flexibility index (Phi) is 10.7. The van der Waals surface area contributed by atoms with E-state index in [0.29, 0.717) is 13.2 Å². The summed E-state index contributed by atoms with van der Waals surface area (Å²) in [6, 6.07) is 21.8. The van der Waals surface area contributed by atoms with Crippen LogP contribution in [0.25, 0.3) is 33.9 Å². The molecule has 2 heterocycles. The molecular weight excluding hydrogens is 620 g/mol. The van der Waals surface area contributed by atoms with Crippen LogP contribution < -0.4 is 14.0 Å².